The van der Waals surface area contributed by atoms with Crippen LogP contribution in [0.2, 0.25) is 0 Å². The molecule has 0 aliphatic carbocycles. The van der Waals surface area contributed by atoms with Crippen molar-refractivity contribution in [3.63, 3.8) is 0 Å². The summed E-state index contributed by atoms with van der Waals surface area (Å²) in [5, 5.41) is 8.28. The summed E-state index contributed by atoms with van der Waals surface area (Å²) < 4.78 is 7.54. The first-order valence-corrected chi connectivity index (χ1v) is 12.6. The number of anilines is 1. The lowest BCUT2D eigenvalue weighted by molar-refractivity contribution is 0.0600. The molecule has 1 aliphatic rings. The van der Waals surface area contributed by atoms with Crippen LogP contribution < -0.4 is 5.32 Å². The van der Waals surface area contributed by atoms with Crippen LogP contribution in [0.1, 0.15) is 34.3 Å². The normalized spacial score (nSPS) is 14.8. The van der Waals surface area contributed by atoms with E-state index in [-0.39, 0.29) is 5.97 Å². The lowest BCUT2D eigenvalue weighted by Crippen LogP contribution is -2.39. The lowest BCUT2D eigenvalue weighted by Gasteiger charge is -2.33. The predicted octanol–water partition coefficient (Wildman–Crippen LogP) is 5.33. The molecule has 3 heterocycles. The van der Waals surface area contributed by atoms with Crippen molar-refractivity contribution < 1.29 is 9.53 Å². The summed E-state index contributed by atoms with van der Waals surface area (Å²) in [6, 6.07) is 18.4. The minimum Gasteiger partial charge on any atom is -0.465 e. The average Bonchev–Trinajstić information content (AvgIpc) is 3.26. The number of aryl methyl sites for hydroxylation is 1. The molecule has 0 unspecified atom stereocenters. The fraction of sp³-hybridized carbons (Fsp3) is 0.296. The number of fused-ring (bicyclic) bond motifs is 1. The third kappa shape index (κ3) is 5.09. The molecule has 0 atom stereocenters. The van der Waals surface area contributed by atoms with E-state index < -0.39 is 0 Å². The highest BCUT2D eigenvalue weighted by Gasteiger charge is 2.21. The number of carbonyl (C=O) groups is 1. The summed E-state index contributed by atoms with van der Waals surface area (Å²) >= 11 is 3.60. The Hall–Kier alpha value is -3.23. The van der Waals surface area contributed by atoms with E-state index in [4.69, 9.17) is 9.72 Å². The van der Waals surface area contributed by atoms with Gasteiger partial charge in [-0.3, -0.25) is 4.90 Å². The molecule has 35 heavy (non-hydrogen) atoms. The van der Waals surface area contributed by atoms with Gasteiger partial charge in [-0.15, -0.1) is 0 Å². The maximum atomic E-state index is 11.6. The number of hydrogen-bond acceptors (Lipinski definition) is 6. The summed E-state index contributed by atoms with van der Waals surface area (Å²) in [6.07, 6.45) is 3.86. The van der Waals surface area contributed by atoms with Gasteiger partial charge >= 0.3 is 5.97 Å². The van der Waals surface area contributed by atoms with E-state index in [1.54, 1.807) is 6.20 Å². The molecule has 1 aliphatic heterocycles. The van der Waals surface area contributed by atoms with Gasteiger partial charge in [0.15, 0.2) is 5.65 Å². The number of aromatic nitrogens is 3. The zero-order valence-electron chi connectivity index (χ0n) is 19.9. The third-order valence-electron chi connectivity index (χ3n) is 6.57. The van der Waals surface area contributed by atoms with Gasteiger partial charge < -0.3 is 10.1 Å². The van der Waals surface area contributed by atoms with Crippen LogP contribution in [0.4, 0.5) is 5.82 Å². The highest BCUT2D eigenvalue weighted by Crippen LogP contribution is 2.29. The van der Waals surface area contributed by atoms with Crippen molar-refractivity contribution in [3.05, 3.63) is 82.0 Å². The smallest absolute Gasteiger partial charge is 0.337 e. The second-order valence-electron chi connectivity index (χ2n) is 8.95. The zero-order valence-corrected chi connectivity index (χ0v) is 21.5. The van der Waals surface area contributed by atoms with E-state index in [1.807, 2.05) is 40.9 Å². The van der Waals surface area contributed by atoms with Gasteiger partial charge in [-0.05, 0) is 59.0 Å². The van der Waals surface area contributed by atoms with E-state index in [0.29, 0.717) is 11.6 Å². The zero-order chi connectivity index (χ0) is 24.4. The molecule has 2 aromatic heterocycles. The first kappa shape index (κ1) is 23.5. The molecule has 0 bridgehead atoms. The molecule has 0 spiro atoms. The maximum Gasteiger partial charge on any atom is 0.337 e. The minimum atomic E-state index is -0.302. The Labute approximate surface area is 213 Å². The molecule has 8 heteroatoms. The van der Waals surface area contributed by atoms with Crippen molar-refractivity contribution in [2.24, 2.45) is 0 Å². The first-order chi connectivity index (χ1) is 17.0. The topological polar surface area (TPSA) is 71.8 Å². The Kier molecular flexibility index (Phi) is 6.83. The Morgan fingerprint density at radius 3 is 2.60 bits per heavy atom. The van der Waals surface area contributed by atoms with Gasteiger partial charge in [-0.25, -0.2) is 9.78 Å². The number of hydrogen-bond donors (Lipinski definition) is 1. The number of nitrogens with zero attached hydrogens (tertiary/aromatic N) is 4. The Morgan fingerprint density at radius 2 is 1.89 bits per heavy atom. The molecule has 1 N–H and O–H groups in total. The molecular formula is C27H28BrN5O2. The Bertz CT molecular complexity index is 1340. The summed E-state index contributed by atoms with van der Waals surface area (Å²) in [7, 11) is 1.40. The molecular weight excluding hydrogens is 506 g/mol. The number of rotatable bonds is 6. The van der Waals surface area contributed by atoms with Crippen LogP contribution in [0.15, 0.2) is 65.3 Å². The van der Waals surface area contributed by atoms with Gasteiger partial charge in [0.2, 0.25) is 0 Å². The van der Waals surface area contributed by atoms with Crippen LogP contribution in [0, 0.1) is 6.92 Å². The average molecular weight is 534 g/mol. The molecule has 1 fully saturated rings. The number of esters is 1. The largest absolute Gasteiger partial charge is 0.465 e. The Morgan fingerprint density at radius 1 is 1.14 bits per heavy atom. The van der Waals surface area contributed by atoms with Crippen molar-refractivity contribution in [1.82, 2.24) is 19.5 Å². The number of nitrogens with one attached hydrogen (secondary N) is 1. The fourth-order valence-corrected chi connectivity index (χ4v) is 4.95. The number of carbonyl (C=O) groups excluding carboxylic acids is 1. The second kappa shape index (κ2) is 10.2. The summed E-state index contributed by atoms with van der Waals surface area (Å²) in [5.41, 5.74) is 5.84. The van der Waals surface area contributed by atoms with E-state index in [0.717, 1.165) is 59.7 Å². The van der Waals surface area contributed by atoms with Gasteiger partial charge in [0.25, 0.3) is 0 Å². The molecule has 5 rings (SSSR count). The SMILES string of the molecule is COC(=O)c1ccc(CN2CCC(Nc3cc(-c4ccccc4C)nc4c(Br)cnn34)CC2)cc1. The molecule has 2 aromatic carbocycles. The predicted molar refractivity (Wildman–Crippen MR) is 141 cm³/mol. The molecule has 1 saturated heterocycles. The molecule has 4 aromatic rings. The van der Waals surface area contributed by atoms with Gasteiger partial charge in [0, 0.05) is 37.3 Å². The van der Waals surface area contributed by atoms with Crippen LogP contribution in [-0.4, -0.2) is 51.7 Å². The fourth-order valence-electron chi connectivity index (χ4n) is 4.60. The molecule has 180 valence electrons. The first-order valence-electron chi connectivity index (χ1n) is 11.8. The summed E-state index contributed by atoms with van der Waals surface area (Å²) in [4.78, 5) is 19.0. The van der Waals surface area contributed by atoms with Crippen molar-refractivity contribution >= 4 is 33.4 Å². The monoisotopic (exact) mass is 533 g/mol. The molecule has 0 amide bonds. The van der Waals surface area contributed by atoms with E-state index in [1.165, 1.54) is 18.2 Å². The highest BCUT2D eigenvalue weighted by atomic mass is 79.9. The lowest BCUT2D eigenvalue weighted by atomic mass is 10.0. The number of benzene rings is 2. The quantitative estimate of drug-likeness (QED) is 0.337. The number of ether oxygens (including phenoxy) is 1. The van der Waals surface area contributed by atoms with Gasteiger partial charge in [0.1, 0.15) is 5.82 Å². The standard InChI is InChI=1S/C27H28BrN5O2/c1-18-5-3-4-6-22(18)24-15-25(33-26(31-24)23(28)16-29-33)30-21-11-13-32(14-12-21)17-19-7-9-20(10-8-19)27(34)35-2/h3-10,15-16,21,30H,11-14,17H2,1-2H3. The number of halogens is 1. The van der Waals surface area contributed by atoms with Crippen LogP contribution in [0.25, 0.3) is 16.9 Å². The number of piperidine rings is 1. The van der Waals surface area contributed by atoms with Crippen LogP contribution in [0.5, 0.6) is 0 Å². The van der Waals surface area contributed by atoms with Crippen LogP contribution >= 0.6 is 15.9 Å². The second-order valence-corrected chi connectivity index (χ2v) is 9.81. The third-order valence-corrected chi connectivity index (χ3v) is 7.13. The van der Waals surface area contributed by atoms with Crippen molar-refractivity contribution in [2.45, 2.75) is 32.4 Å². The van der Waals surface area contributed by atoms with Gasteiger partial charge in [0.05, 0.1) is 29.0 Å². The number of methoxy groups -OCH3 is 1. The minimum absolute atomic E-state index is 0.302. The summed E-state index contributed by atoms with van der Waals surface area (Å²) in [5.74, 6) is 0.652. The van der Waals surface area contributed by atoms with Crippen molar-refractivity contribution in [1.29, 1.82) is 0 Å². The van der Waals surface area contributed by atoms with Gasteiger partial charge in [-0.2, -0.15) is 9.61 Å². The maximum absolute atomic E-state index is 11.6. The van der Waals surface area contributed by atoms with E-state index >= 15 is 0 Å². The van der Waals surface area contributed by atoms with E-state index in [9.17, 15) is 4.79 Å². The number of likely N-dealkylation sites (tertiary alicyclic amines) is 1. The Balaban J connectivity index is 1.28. The highest BCUT2D eigenvalue weighted by molar-refractivity contribution is 9.10. The molecule has 7 nitrogen and oxygen atoms in total. The summed E-state index contributed by atoms with van der Waals surface area (Å²) in [6.45, 7) is 4.98. The van der Waals surface area contributed by atoms with Crippen molar-refractivity contribution in [2.75, 3.05) is 25.5 Å². The van der Waals surface area contributed by atoms with Crippen molar-refractivity contribution in [3.8, 4) is 11.3 Å². The molecule has 0 radical (unpaired) electrons. The molecule has 0 saturated carbocycles. The van der Waals surface area contributed by atoms with Crippen LogP contribution in [0.3, 0.4) is 0 Å². The van der Waals surface area contributed by atoms with Gasteiger partial charge in [-0.1, -0.05) is 36.4 Å². The van der Waals surface area contributed by atoms with Crippen LogP contribution in [-0.2, 0) is 11.3 Å². The van der Waals surface area contributed by atoms with E-state index in [2.05, 4.69) is 56.4 Å².